The van der Waals surface area contributed by atoms with Crippen LogP contribution in [0.5, 0.6) is 0 Å². The molecule has 0 radical (unpaired) electrons. The first-order chi connectivity index (χ1) is 12.5. The number of carbonyl (C=O) groups is 2. The van der Waals surface area contributed by atoms with Gasteiger partial charge in [0, 0.05) is 18.4 Å². The van der Waals surface area contributed by atoms with E-state index in [0.29, 0.717) is 5.02 Å². The van der Waals surface area contributed by atoms with Crippen molar-refractivity contribution < 1.29 is 14.3 Å². The van der Waals surface area contributed by atoms with E-state index in [1.165, 1.54) is 18.1 Å². The first-order valence-corrected chi connectivity index (χ1v) is 9.18. The minimum Gasteiger partial charge on any atom is -0.462 e. The predicted molar refractivity (Wildman–Crippen MR) is 101 cm³/mol. The number of ether oxygens (including phenoxy) is 1. The third-order valence-corrected chi connectivity index (χ3v) is 4.87. The van der Waals surface area contributed by atoms with Gasteiger partial charge in [0.1, 0.15) is 6.10 Å². The van der Waals surface area contributed by atoms with E-state index in [-0.39, 0.29) is 24.4 Å². The Labute approximate surface area is 158 Å². The molecule has 1 N–H and O–H groups in total. The fourth-order valence-electron chi connectivity index (χ4n) is 3.36. The van der Waals surface area contributed by atoms with Gasteiger partial charge in [-0.25, -0.2) is 0 Å². The van der Waals surface area contributed by atoms with E-state index < -0.39 is 6.04 Å². The second-order valence-corrected chi connectivity index (χ2v) is 7.07. The van der Waals surface area contributed by atoms with Crippen molar-refractivity contribution in [3.05, 3.63) is 70.2 Å². The maximum absolute atomic E-state index is 12.5. The third kappa shape index (κ3) is 4.85. The summed E-state index contributed by atoms with van der Waals surface area (Å²) in [5.41, 5.74) is 3.40. The van der Waals surface area contributed by atoms with Crippen molar-refractivity contribution in [1.82, 2.24) is 5.32 Å². The average Bonchev–Trinajstić information content (AvgIpc) is 2.61. The Morgan fingerprint density at radius 2 is 1.85 bits per heavy atom. The van der Waals surface area contributed by atoms with Gasteiger partial charge in [0.15, 0.2) is 0 Å². The van der Waals surface area contributed by atoms with Crippen molar-refractivity contribution in [3.8, 4) is 0 Å². The molecule has 1 aliphatic carbocycles. The second-order valence-electron chi connectivity index (χ2n) is 6.63. The number of esters is 1. The summed E-state index contributed by atoms with van der Waals surface area (Å²) in [5, 5.41) is 3.43. The van der Waals surface area contributed by atoms with Crippen LogP contribution < -0.4 is 5.32 Å². The molecule has 0 saturated heterocycles. The molecule has 0 spiro atoms. The molecule has 26 heavy (non-hydrogen) atoms. The SMILES string of the molecule is CC(=O)NC(CC(=O)OC1CCc2ccccc2C1)c1ccc(Cl)cc1. The van der Waals surface area contributed by atoms with Gasteiger partial charge >= 0.3 is 5.97 Å². The largest absolute Gasteiger partial charge is 0.462 e. The molecular weight excluding hydrogens is 350 g/mol. The van der Waals surface area contributed by atoms with Gasteiger partial charge in [0.05, 0.1) is 12.5 Å². The Balaban J connectivity index is 1.63. The van der Waals surface area contributed by atoms with Gasteiger partial charge in [-0.2, -0.15) is 0 Å². The predicted octanol–water partition coefficient (Wildman–Crippen LogP) is 4.01. The molecule has 1 aliphatic rings. The highest BCUT2D eigenvalue weighted by atomic mass is 35.5. The molecule has 2 atom stereocenters. The lowest BCUT2D eigenvalue weighted by atomic mass is 9.90. The smallest absolute Gasteiger partial charge is 0.308 e. The van der Waals surface area contributed by atoms with Crippen LogP contribution in [0.1, 0.15) is 42.5 Å². The first-order valence-electron chi connectivity index (χ1n) is 8.80. The standard InChI is InChI=1S/C21H22ClNO3/c1-14(24)23-20(16-6-9-18(22)10-7-16)13-21(25)26-19-11-8-15-4-2-3-5-17(15)12-19/h2-7,9-10,19-20H,8,11-13H2,1H3,(H,23,24). The minimum absolute atomic E-state index is 0.0966. The average molecular weight is 372 g/mol. The van der Waals surface area contributed by atoms with Gasteiger partial charge < -0.3 is 10.1 Å². The van der Waals surface area contributed by atoms with E-state index >= 15 is 0 Å². The Morgan fingerprint density at radius 1 is 1.15 bits per heavy atom. The van der Waals surface area contributed by atoms with Gasteiger partial charge in [-0.05, 0) is 41.7 Å². The van der Waals surface area contributed by atoms with Crippen molar-refractivity contribution in [2.45, 2.75) is 44.8 Å². The zero-order valence-electron chi connectivity index (χ0n) is 14.7. The van der Waals surface area contributed by atoms with Gasteiger partial charge in [0.2, 0.25) is 5.91 Å². The molecule has 4 nitrogen and oxygen atoms in total. The van der Waals surface area contributed by atoms with Crippen LogP contribution in [0.3, 0.4) is 0 Å². The minimum atomic E-state index is -0.423. The third-order valence-electron chi connectivity index (χ3n) is 4.62. The Kier molecular flexibility index (Phi) is 5.94. The van der Waals surface area contributed by atoms with Crippen LogP contribution >= 0.6 is 11.6 Å². The van der Waals surface area contributed by atoms with E-state index in [4.69, 9.17) is 16.3 Å². The normalized spacial score (nSPS) is 17.1. The summed E-state index contributed by atoms with van der Waals surface area (Å²) in [6, 6.07) is 15.0. The van der Waals surface area contributed by atoms with Gasteiger partial charge in [0.25, 0.3) is 0 Å². The van der Waals surface area contributed by atoms with E-state index in [9.17, 15) is 9.59 Å². The summed E-state index contributed by atoms with van der Waals surface area (Å²) >= 11 is 5.92. The molecular formula is C21H22ClNO3. The van der Waals surface area contributed by atoms with Crippen molar-refractivity contribution in [2.75, 3.05) is 0 Å². The maximum Gasteiger partial charge on any atom is 0.308 e. The fourth-order valence-corrected chi connectivity index (χ4v) is 3.48. The van der Waals surface area contributed by atoms with Crippen molar-refractivity contribution in [1.29, 1.82) is 0 Å². The quantitative estimate of drug-likeness (QED) is 0.808. The number of hydrogen-bond acceptors (Lipinski definition) is 3. The van der Waals surface area contributed by atoms with Crippen LogP contribution in [0.15, 0.2) is 48.5 Å². The zero-order chi connectivity index (χ0) is 18.5. The molecule has 0 saturated carbocycles. The van der Waals surface area contributed by atoms with E-state index in [1.807, 2.05) is 24.3 Å². The number of nitrogens with one attached hydrogen (secondary N) is 1. The van der Waals surface area contributed by atoms with Crippen molar-refractivity contribution in [3.63, 3.8) is 0 Å². The number of carbonyl (C=O) groups excluding carboxylic acids is 2. The molecule has 2 unspecified atom stereocenters. The molecule has 3 rings (SSSR count). The van der Waals surface area contributed by atoms with E-state index in [1.54, 1.807) is 12.1 Å². The van der Waals surface area contributed by atoms with Crippen LogP contribution in [0.25, 0.3) is 0 Å². The van der Waals surface area contributed by atoms with Crippen LogP contribution in [0, 0.1) is 0 Å². The van der Waals surface area contributed by atoms with Crippen molar-refractivity contribution in [2.24, 2.45) is 0 Å². The fraction of sp³-hybridized carbons (Fsp3) is 0.333. The highest BCUT2D eigenvalue weighted by molar-refractivity contribution is 6.30. The highest BCUT2D eigenvalue weighted by Crippen LogP contribution is 2.25. The Morgan fingerprint density at radius 3 is 2.54 bits per heavy atom. The summed E-state index contributed by atoms with van der Waals surface area (Å²) < 4.78 is 5.69. The molecule has 0 bridgehead atoms. The number of halogens is 1. The molecule has 0 aliphatic heterocycles. The Hall–Kier alpha value is -2.33. The van der Waals surface area contributed by atoms with Crippen LogP contribution in [-0.2, 0) is 27.2 Å². The summed E-state index contributed by atoms with van der Waals surface area (Å²) in [6.45, 7) is 1.44. The number of amides is 1. The second kappa shape index (κ2) is 8.37. The lowest BCUT2D eigenvalue weighted by Crippen LogP contribution is -2.31. The van der Waals surface area contributed by atoms with Gasteiger partial charge in [-0.15, -0.1) is 0 Å². The van der Waals surface area contributed by atoms with E-state index in [2.05, 4.69) is 17.4 Å². The highest BCUT2D eigenvalue weighted by Gasteiger charge is 2.24. The summed E-state index contributed by atoms with van der Waals surface area (Å²) in [5.74, 6) is -0.493. The molecule has 1 amide bonds. The number of aryl methyl sites for hydroxylation is 1. The maximum atomic E-state index is 12.5. The van der Waals surface area contributed by atoms with Crippen molar-refractivity contribution >= 4 is 23.5 Å². The van der Waals surface area contributed by atoms with Gasteiger partial charge in [-0.3, -0.25) is 9.59 Å². The number of benzene rings is 2. The molecule has 2 aromatic rings. The molecule has 0 fully saturated rings. The van der Waals surface area contributed by atoms with E-state index in [0.717, 1.165) is 24.8 Å². The monoisotopic (exact) mass is 371 g/mol. The van der Waals surface area contributed by atoms with Crippen LogP contribution in [0.4, 0.5) is 0 Å². The summed E-state index contributed by atoms with van der Waals surface area (Å²) in [7, 11) is 0. The van der Waals surface area contributed by atoms with Crippen LogP contribution in [-0.4, -0.2) is 18.0 Å². The molecule has 5 heteroatoms. The number of rotatable bonds is 5. The lowest BCUT2D eigenvalue weighted by Gasteiger charge is -2.25. The topological polar surface area (TPSA) is 55.4 Å². The number of hydrogen-bond donors (Lipinski definition) is 1. The molecule has 0 aromatic heterocycles. The first kappa shape index (κ1) is 18.5. The molecule has 0 heterocycles. The molecule has 136 valence electrons. The Bertz CT molecular complexity index is 788. The summed E-state index contributed by atoms with van der Waals surface area (Å²) in [4.78, 5) is 24.0. The lowest BCUT2D eigenvalue weighted by molar-refractivity contribution is -0.150. The zero-order valence-corrected chi connectivity index (χ0v) is 15.5. The van der Waals surface area contributed by atoms with Crippen LogP contribution in [0.2, 0.25) is 5.02 Å². The number of fused-ring (bicyclic) bond motifs is 1. The summed E-state index contributed by atoms with van der Waals surface area (Å²) in [6.07, 6.45) is 2.47. The molecule has 2 aromatic carbocycles. The van der Waals surface area contributed by atoms with Gasteiger partial charge in [-0.1, -0.05) is 48.0 Å².